The predicted molar refractivity (Wildman–Crippen MR) is 110 cm³/mol. The molecule has 0 aromatic heterocycles. The van der Waals surface area contributed by atoms with E-state index in [2.05, 4.69) is 25.4 Å². The van der Waals surface area contributed by atoms with Gasteiger partial charge in [0.2, 0.25) is 11.9 Å². The van der Waals surface area contributed by atoms with Gasteiger partial charge in [-0.3, -0.25) is 19.8 Å². The number of hydrogen-bond acceptors (Lipinski definition) is 9. The minimum Gasteiger partial charge on any atom is -0.467 e. The number of methoxy groups -OCH3 is 2. The molecule has 0 saturated heterocycles. The monoisotopic (exact) mass is 456 g/mol. The normalized spacial score (nSPS) is 11.8. The molecule has 0 aromatic rings. The molecule has 0 aliphatic carbocycles. The van der Waals surface area contributed by atoms with Crippen molar-refractivity contribution in [3.63, 3.8) is 0 Å². The molecule has 0 bridgehead atoms. The molecule has 30 heavy (non-hydrogen) atoms. The molecule has 2 atom stereocenters. The number of carbonyl (C=O) groups is 5. The fourth-order valence-corrected chi connectivity index (χ4v) is 1.75. The molecular weight excluding hydrogens is 424 g/mol. The van der Waals surface area contributed by atoms with Crippen molar-refractivity contribution in [2.45, 2.75) is 38.5 Å². The number of esters is 2. The third kappa shape index (κ3) is 11.4. The summed E-state index contributed by atoms with van der Waals surface area (Å²) in [6.07, 6.45) is -0.776. The third-order valence-electron chi connectivity index (χ3n) is 3.22. The number of amides is 3. The van der Waals surface area contributed by atoms with Crippen LogP contribution in [0.1, 0.15) is 20.8 Å². The van der Waals surface area contributed by atoms with Crippen LogP contribution in [0.4, 0.5) is 4.79 Å². The first-order valence-corrected chi connectivity index (χ1v) is 8.53. The van der Waals surface area contributed by atoms with Gasteiger partial charge in [0.25, 0.3) is 5.91 Å². The second kappa shape index (κ2) is 15.3. The molecule has 0 saturated carbocycles. The van der Waals surface area contributed by atoms with Gasteiger partial charge in [-0.1, -0.05) is 0 Å². The molecule has 0 spiro atoms. The van der Waals surface area contributed by atoms with E-state index >= 15 is 0 Å². The van der Waals surface area contributed by atoms with Gasteiger partial charge in [0.1, 0.15) is 5.60 Å². The molecule has 176 valence electrons. The molecule has 0 rings (SSSR count). The van der Waals surface area contributed by atoms with Crippen LogP contribution >= 0.6 is 12.4 Å². The van der Waals surface area contributed by atoms with Gasteiger partial charge in [0.15, 0.2) is 6.04 Å². The summed E-state index contributed by atoms with van der Waals surface area (Å²) < 4.78 is 13.9. The van der Waals surface area contributed by atoms with Gasteiger partial charge < -0.3 is 24.8 Å². The van der Waals surface area contributed by atoms with E-state index in [4.69, 9.17) is 4.74 Å². The number of rotatable bonds is 6. The van der Waals surface area contributed by atoms with Gasteiger partial charge in [-0.25, -0.2) is 14.4 Å². The first-order valence-electron chi connectivity index (χ1n) is 8.53. The Morgan fingerprint density at radius 3 is 1.57 bits per heavy atom. The Hall–Kier alpha value is -2.60. The Balaban J connectivity index is -0.000000525. The second-order valence-corrected chi connectivity index (χ2v) is 6.49. The Morgan fingerprint density at radius 1 is 0.833 bits per heavy atom. The van der Waals surface area contributed by atoms with Gasteiger partial charge in [-0.15, -0.1) is 12.4 Å². The smallest absolute Gasteiger partial charge is 0.411 e. The highest BCUT2D eigenvalue weighted by Crippen LogP contribution is 2.11. The van der Waals surface area contributed by atoms with Crippen molar-refractivity contribution >= 4 is 42.3 Å². The average Bonchev–Trinajstić information content (AvgIpc) is 2.66. The van der Waals surface area contributed by atoms with Crippen molar-refractivity contribution < 1.29 is 38.2 Å². The summed E-state index contributed by atoms with van der Waals surface area (Å²) in [6, 6.07) is -2.28. The highest BCUT2D eigenvalue weighted by Gasteiger charge is 2.36. The molecule has 12 nitrogen and oxygen atoms in total. The lowest BCUT2D eigenvalue weighted by Gasteiger charge is -2.28. The lowest BCUT2D eigenvalue weighted by Crippen LogP contribution is -2.52. The summed E-state index contributed by atoms with van der Waals surface area (Å²) in [5.74, 6) is -2.47. The van der Waals surface area contributed by atoms with Crippen molar-refractivity contribution in [1.82, 2.24) is 20.9 Å². The lowest BCUT2D eigenvalue weighted by atomic mass is 10.2. The van der Waals surface area contributed by atoms with E-state index in [1.807, 2.05) is 0 Å². The van der Waals surface area contributed by atoms with Gasteiger partial charge in [0.05, 0.1) is 14.2 Å². The molecule has 0 aromatic carbocycles. The standard InChI is InChI=1S/C11H20N2O5.C6H12N2O3.ClH/c1-11(2,3)18-10(16)13(5)7(8(14)12-4)9(15)17-6;1-7-4(5(9)8-2)6(10)11-3;/h7H,1-6H3,(H,12,14);4,7H,1-3H3,(H,8,9);1H. The SMILES string of the molecule is CNC(=O)C(C(=O)OC)N(C)C(=O)OC(C)(C)C.CNC(=O)C(NC)C(=O)OC.Cl. The third-order valence-corrected chi connectivity index (χ3v) is 3.22. The largest absolute Gasteiger partial charge is 0.467 e. The van der Waals surface area contributed by atoms with Crippen molar-refractivity contribution in [3.8, 4) is 0 Å². The van der Waals surface area contributed by atoms with Crippen LogP contribution in [-0.4, -0.2) is 94.8 Å². The fourth-order valence-electron chi connectivity index (χ4n) is 1.75. The highest BCUT2D eigenvalue weighted by atomic mass is 35.5. The Morgan fingerprint density at radius 2 is 1.27 bits per heavy atom. The minimum atomic E-state index is -1.37. The van der Waals surface area contributed by atoms with E-state index in [9.17, 15) is 24.0 Å². The lowest BCUT2D eigenvalue weighted by molar-refractivity contribution is -0.151. The summed E-state index contributed by atoms with van der Waals surface area (Å²) >= 11 is 0. The number of nitrogens with one attached hydrogen (secondary N) is 3. The molecule has 0 fully saturated rings. The summed E-state index contributed by atoms with van der Waals surface area (Å²) in [6.45, 7) is 5.06. The summed E-state index contributed by atoms with van der Waals surface area (Å²) in [5, 5.41) is 7.14. The number of ether oxygens (including phenoxy) is 3. The van der Waals surface area contributed by atoms with Crippen molar-refractivity contribution in [1.29, 1.82) is 0 Å². The molecule has 0 heterocycles. The van der Waals surface area contributed by atoms with E-state index < -0.39 is 47.5 Å². The van der Waals surface area contributed by atoms with Gasteiger partial charge in [-0.05, 0) is 27.8 Å². The van der Waals surface area contributed by atoms with Crippen molar-refractivity contribution in [3.05, 3.63) is 0 Å². The maximum absolute atomic E-state index is 11.8. The Kier molecular flexibility index (Phi) is 16.3. The molecule has 0 aliphatic heterocycles. The van der Waals surface area contributed by atoms with Crippen molar-refractivity contribution in [2.75, 3.05) is 42.4 Å². The van der Waals surface area contributed by atoms with Crippen molar-refractivity contribution in [2.24, 2.45) is 0 Å². The molecule has 0 radical (unpaired) electrons. The number of likely N-dealkylation sites (N-methyl/N-ethyl adjacent to an activating group) is 4. The van der Waals surface area contributed by atoms with E-state index in [-0.39, 0.29) is 12.4 Å². The average molecular weight is 457 g/mol. The predicted octanol–water partition coefficient (Wildman–Crippen LogP) is -0.944. The van der Waals surface area contributed by atoms with E-state index in [1.54, 1.807) is 20.8 Å². The van der Waals surface area contributed by atoms with Gasteiger partial charge >= 0.3 is 18.0 Å². The first kappa shape index (κ1) is 32.1. The zero-order valence-corrected chi connectivity index (χ0v) is 19.6. The highest BCUT2D eigenvalue weighted by molar-refractivity contribution is 6.04. The molecule has 3 N–H and O–H groups in total. The number of nitrogens with zero attached hydrogens (tertiary/aromatic N) is 1. The van der Waals surface area contributed by atoms with E-state index in [0.29, 0.717) is 0 Å². The van der Waals surface area contributed by atoms with Gasteiger partial charge in [0, 0.05) is 21.1 Å². The van der Waals surface area contributed by atoms with E-state index in [0.717, 1.165) is 12.0 Å². The second-order valence-electron chi connectivity index (χ2n) is 6.49. The Labute approximate surface area is 182 Å². The Bertz CT molecular complexity index is 563. The quantitative estimate of drug-likeness (QED) is 0.261. The number of carbonyl (C=O) groups excluding carboxylic acids is 5. The summed E-state index contributed by atoms with van der Waals surface area (Å²) in [7, 11) is 8.00. The molecular formula is C17H33ClN4O8. The van der Waals surface area contributed by atoms with Crippen LogP contribution < -0.4 is 16.0 Å². The van der Waals surface area contributed by atoms with Crippen LogP contribution in [0.25, 0.3) is 0 Å². The summed E-state index contributed by atoms with van der Waals surface area (Å²) in [5.41, 5.74) is -0.714. The summed E-state index contributed by atoms with van der Waals surface area (Å²) in [4.78, 5) is 57.4. The zero-order chi connectivity index (χ0) is 23.4. The van der Waals surface area contributed by atoms with E-state index in [1.165, 1.54) is 35.3 Å². The molecule has 0 aliphatic rings. The van der Waals surface area contributed by atoms with Gasteiger partial charge in [-0.2, -0.15) is 0 Å². The van der Waals surface area contributed by atoms with Crippen LogP contribution in [0.15, 0.2) is 0 Å². The zero-order valence-electron chi connectivity index (χ0n) is 18.8. The van der Waals surface area contributed by atoms with Crippen LogP contribution in [0, 0.1) is 0 Å². The van der Waals surface area contributed by atoms with Crippen LogP contribution in [0.2, 0.25) is 0 Å². The molecule has 3 amide bonds. The minimum absolute atomic E-state index is 0. The maximum Gasteiger partial charge on any atom is 0.411 e. The van der Waals surface area contributed by atoms with Crippen LogP contribution in [0.5, 0.6) is 0 Å². The van der Waals surface area contributed by atoms with Crippen LogP contribution in [-0.2, 0) is 33.4 Å². The first-order chi connectivity index (χ1) is 13.3. The topological polar surface area (TPSA) is 152 Å². The number of hydrogen-bond donors (Lipinski definition) is 3. The fraction of sp³-hybridized carbons (Fsp3) is 0.706. The van der Waals surface area contributed by atoms with Crippen LogP contribution in [0.3, 0.4) is 0 Å². The number of halogens is 1. The molecule has 13 heteroatoms. The molecule has 2 unspecified atom stereocenters. The maximum atomic E-state index is 11.8.